The molecule has 1 saturated heterocycles. The minimum absolute atomic E-state index is 0.0130. The number of ether oxygens (including phenoxy) is 1. The Hall–Kier alpha value is -2.87. The van der Waals surface area contributed by atoms with Gasteiger partial charge in [-0.3, -0.25) is 19.3 Å². The van der Waals surface area contributed by atoms with Crippen molar-refractivity contribution in [1.82, 2.24) is 0 Å². The highest BCUT2D eigenvalue weighted by Crippen LogP contribution is 2.44. The van der Waals surface area contributed by atoms with E-state index in [1.807, 2.05) is 0 Å². The van der Waals surface area contributed by atoms with Crippen molar-refractivity contribution in [2.24, 2.45) is 0 Å². The Morgan fingerprint density at radius 1 is 1.17 bits per heavy atom. The number of esters is 1. The number of amides is 2. The molecule has 1 fully saturated rings. The van der Waals surface area contributed by atoms with Crippen LogP contribution in [0.25, 0.3) is 0 Å². The van der Waals surface area contributed by atoms with Crippen molar-refractivity contribution in [2.45, 2.75) is 25.1 Å². The molecule has 1 atom stereocenters. The van der Waals surface area contributed by atoms with Gasteiger partial charge >= 0.3 is 5.97 Å². The summed E-state index contributed by atoms with van der Waals surface area (Å²) in [5, 5.41) is 2.32. The van der Waals surface area contributed by atoms with Crippen LogP contribution in [-0.2, 0) is 19.1 Å². The molecule has 1 aliphatic heterocycles. The van der Waals surface area contributed by atoms with E-state index in [1.165, 1.54) is 22.7 Å². The largest absolute Gasteiger partial charge is 0.466 e. The van der Waals surface area contributed by atoms with Crippen LogP contribution in [0, 0.1) is 5.82 Å². The van der Waals surface area contributed by atoms with Gasteiger partial charge in [-0.05, 0) is 25.1 Å². The molecule has 2 aromatic rings. The second kappa shape index (κ2) is 9.56. The fourth-order valence-corrected chi connectivity index (χ4v) is 4.25. The van der Waals surface area contributed by atoms with Crippen molar-refractivity contribution in [1.29, 1.82) is 0 Å². The molecule has 2 amide bonds. The number of hydrogen-bond donors (Lipinski definition) is 1. The lowest BCUT2D eigenvalue weighted by Gasteiger charge is -2.26. The molecule has 0 spiro atoms. The van der Waals surface area contributed by atoms with Gasteiger partial charge in [-0.2, -0.15) is 0 Å². The normalized spacial score (nSPS) is 16.0. The Kier molecular flexibility index (Phi) is 6.87. The van der Waals surface area contributed by atoms with Gasteiger partial charge in [-0.25, -0.2) is 4.39 Å². The summed E-state index contributed by atoms with van der Waals surface area (Å²) in [5.41, 5.74) is 1.42. The quantitative estimate of drug-likeness (QED) is 0.693. The van der Waals surface area contributed by atoms with Gasteiger partial charge in [-0.1, -0.05) is 30.3 Å². The summed E-state index contributed by atoms with van der Waals surface area (Å²) >= 11 is 1.37. The second-order valence-corrected chi connectivity index (χ2v) is 7.39. The number of hydrogen-bond acceptors (Lipinski definition) is 5. The molecule has 0 unspecified atom stereocenters. The van der Waals surface area contributed by atoms with E-state index in [9.17, 15) is 18.8 Å². The summed E-state index contributed by atoms with van der Waals surface area (Å²) < 4.78 is 19.2. The predicted octanol–water partition coefficient (Wildman–Crippen LogP) is 3.89. The Labute approximate surface area is 172 Å². The van der Waals surface area contributed by atoms with Crippen LogP contribution in [0.3, 0.4) is 0 Å². The molecule has 0 aromatic heterocycles. The van der Waals surface area contributed by atoms with Gasteiger partial charge in [0.2, 0.25) is 11.8 Å². The third-order valence-corrected chi connectivity index (χ3v) is 5.54. The SMILES string of the molecule is CCOC(=O)CCC(=O)Nc1ccccc1[C@H]1SCC(=O)N1c1ccccc1F. The number of para-hydroxylation sites is 2. The summed E-state index contributed by atoms with van der Waals surface area (Å²) in [6.45, 7) is 1.97. The number of benzene rings is 2. The maximum Gasteiger partial charge on any atom is 0.306 e. The smallest absolute Gasteiger partial charge is 0.306 e. The first-order valence-corrected chi connectivity index (χ1v) is 10.3. The second-order valence-electron chi connectivity index (χ2n) is 6.32. The highest BCUT2D eigenvalue weighted by Gasteiger charge is 2.36. The third kappa shape index (κ3) is 4.95. The molecule has 1 aliphatic rings. The van der Waals surface area contributed by atoms with E-state index in [2.05, 4.69) is 5.32 Å². The standard InChI is InChI=1S/C21H21FN2O4S/c1-2-28-20(27)12-11-18(25)23-16-9-5-3-7-14(16)21-24(19(26)13-29-21)17-10-6-4-8-15(17)22/h3-10,21H,2,11-13H2,1H3,(H,23,25)/t21-/m1/s1. The number of thioether (sulfide) groups is 1. The van der Waals surface area contributed by atoms with E-state index in [0.717, 1.165) is 0 Å². The monoisotopic (exact) mass is 416 g/mol. The molecule has 0 bridgehead atoms. The zero-order chi connectivity index (χ0) is 20.8. The summed E-state index contributed by atoms with van der Waals surface area (Å²) in [5.74, 6) is -1.24. The molecule has 8 heteroatoms. The van der Waals surface area contributed by atoms with Crippen LogP contribution in [0.1, 0.15) is 30.7 Å². The molecule has 29 heavy (non-hydrogen) atoms. The molecular weight excluding hydrogens is 395 g/mol. The third-order valence-electron chi connectivity index (χ3n) is 4.34. The van der Waals surface area contributed by atoms with E-state index in [4.69, 9.17) is 4.74 Å². The van der Waals surface area contributed by atoms with Crippen LogP contribution >= 0.6 is 11.8 Å². The summed E-state index contributed by atoms with van der Waals surface area (Å²) in [6.07, 6.45) is -0.0270. The molecule has 1 N–H and O–H groups in total. The van der Waals surface area contributed by atoms with E-state index in [0.29, 0.717) is 11.3 Å². The van der Waals surface area contributed by atoms with Crippen molar-refractivity contribution < 1.29 is 23.5 Å². The molecule has 0 aliphatic carbocycles. The van der Waals surface area contributed by atoms with Crippen molar-refractivity contribution in [3.05, 3.63) is 59.9 Å². The van der Waals surface area contributed by atoms with Gasteiger partial charge in [0.05, 0.1) is 24.5 Å². The first kappa shape index (κ1) is 20.9. The zero-order valence-corrected chi connectivity index (χ0v) is 16.7. The number of nitrogens with one attached hydrogen (secondary N) is 1. The maximum absolute atomic E-state index is 14.3. The summed E-state index contributed by atoms with van der Waals surface area (Å²) in [4.78, 5) is 37.7. The van der Waals surface area contributed by atoms with Gasteiger partial charge in [0.1, 0.15) is 11.2 Å². The van der Waals surface area contributed by atoms with Crippen LogP contribution in [0.15, 0.2) is 48.5 Å². The number of carbonyl (C=O) groups excluding carboxylic acids is 3. The Bertz CT molecular complexity index is 921. The topological polar surface area (TPSA) is 75.7 Å². The Balaban J connectivity index is 1.81. The molecular formula is C21H21FN2O4S. The number of anilines is 2. The molecule has 1 heterocycles. The van der Waals surface area contributed by atoms with E-state index in [-0.39, 0.29) is 42.7 Å². The van der Waals surface area contributed by atoms with Crippen molar-refractivity contribution in [3.8, 4) is 0 Å². The van der Waals surface area contributed by atoms with Crippen molar-refractivity contribution in [2.75, 3.05) is 22.6 Å². The van der Waals surface area contributed by atoms with Crippen LogP contribution < -0.4 is 10.2 Å². The van der Waals surface area contributed by atoms with Crippen molar-refractivity contribution in [3.63, 3.8) is 0 Å². The van der Waals surface area contributed by atoms with Gasteiger partial charge in [0.25, 0.3) is 0 Å². The van der Waals surface area contributed by atoms with Gasteiger partial charge in [0.15, 0.2) is 0 Å². The fraction of sp³-hybridized carbons (Fsp3) is 0.286. The first-order valence-electron chi connectivity index (χ1n) is 9.24. The summed E-state index contributed by atoms with van der Waals surface area (Å²) in [7, 11) is 0. The molecule has 0 radical (unpaired) electrons. The maximum atomic E-state index is 14.3. The van der Waals surface area contributed by atoms with Crippen LogP contribution in [0.5, 0.6) is 0 Å². The molecule has 0 saturated carbocycles. The van der Waals surface area contributed by atoms with Crippen molar-refractivity contribution >= 4 is 40.9 Å². The van der Waals surface area contributed by atoms with Crippen LogP contribution in [-0.4, -0.2) is 30.1 Å². The molecule has 2 aromatic carbocycles. The number of halogens is 1. The highest BCUT2D eigenvalue weighted by atomic mass is 32.2. The average molecular weight is 416 g/mol. The molecule has 3 rings (SSSR count). The first-order chi connectivity index (χ1) is 14.0. The predicted molar refractivity (Wildman–Crippen MR) is 110 cm³/mol. The van der Waals surface area contributed by atoms with Gasteiger partial charge < -0.3 is 10.1 Å². The van der Waals surface area contributed by atoms with Crippen LogP contribution in [0.2, 0.25) is 0 Å². The lowest BCUT2D eigenvalue weighted by molar-refractivity contribution is -0.144. The lowest BCUT2D eigenvalue weighted by atomic mass is 10.1. The van der Waals surface area contributed by atoms with E-state index < -0.39 is 17.2 Å². The van der Waals surface area contributed by atoms with E-state index >= 15 is 0 Å². The highest BCUT2D eigenvalue weighted by molar-refractivity contribution is 8.00. The molecule has 6 nitrogen and oxygen atoms in total. The number of carbonyl (C=O) groups is 3. The fourth-order valence-electron chi connectivity index (χ4n) is 3.05. The Morgan fingerprint density at radius 2 is 1.90 bits per heavy atom. The average Bonchev–Trinajstić information content (AvgIpc) is 3.08. The van der Waals surface area contributed by atoms with Crippen LogP contribution in [0.4, 0.5) is 15.8 Å². The number of nitrogens with zero attached hydrogens (tertiary/aromatic N) is 1. The minimum atomic E-state index is -0.482. The number of rotatable bonds is 7. The van der Waals surface area contributed by atoms with Gasteiger partial charge in [-0.15, -0.1) is 11.8 Å². The minimum Gasteiger partial charge on any atom is -0.466 e. The van der Waals surface area contributed by atoms with Gasteiger partial charge in [0, 0.05) is 17.7 Å². The Morgan fingerprint density at radius 3 is 2.66 bits per heavy atom. The lowest BCUT2D eigenvalue weighted by Crippen LogP contribution is -2.29. The summed E-state index contributed by atoms with van der Waals surface area (Å²) in [6, 6.07) is 13.2. The molecule has 152 valence electrons. The zero-order valence-electron chi connectivity index (χ0n) is 15.9. The van der Waals surface area contributed by atoms with E-state index in [1.54, 1.807) is 49.4 Å².